The largest absolute Gasteiger partial charge is 0.496 e. The van der Waals surface area contributed by atoms with Gasteiger partial charge in [0.25, 0.3) is 0 Å². The van der Waals surface area contributed by atoms with Gasteiger partial charge in [-0.2, -0.15) is 0 Å². The Morgan fingerprint density at radius 1 is 0.815 bits per heavy atom. The summed E-state index contributed by atoms with van der Waals surface area (Å²) in [5, 5.41) is 0. The lowest BCUT2D eigenvalue weighted by Crippen LogP contribution is -2.16. The third-order valence-electron chi connectivity index (χ3n) is 4.15. The van der Waals surface area contributed by atoms with Crippen molar-refractivity contribution in [3.63, 3.8) is 0 Å². The van der Waals surface area contributed by atoms with Crippen molar-refractivity contribution in [1.29, 1.82) is 0 Å². The minimum absolute atomic E-state index is 0.135. The maximum Gasteiger partial charge on any atom is 0.332 e. The first-order chi connectivity index (χ1) is 13.3. The number of benzene rings is 3. The molecule has 0 heterocycles. The van der Waals surface area contributed by atoms with Crippen LogP contribution < -0.4 is 4.74 Å². The summed E-state index contributed by atoms with van der Waals surface area (Å²) in [6, 6.07) is 27.1. The highest BCUT2D eigenvalue weighted by molar-refractivity contribution is 5.70. The van der Waals surface area contributed by atoms with Crippen LogP contribution in [0.1, 0.15) is 22.8 Å². The SMILES string of the molecule is COc1ccccc1COC(=O)COC(c1ccccc1)c1ccccc1. The van der Waals surface area contributed by atoms with Gasteiger partial charge in [0.15, 0.2) is 0 Å². The quantitative estimate of drug-likeness (QED) is 0.552. The van der Waals surface area contributed by atoms with E-state index in [0.717, 1.165) is 16.7 Å². The molecule has 0 fully saturated rings. The van der Waals surface area contributed by atoms with Gasteiger partial charge in [0.2, 0.25) is 0 Å². The number of carbonyl (C=O) groups is 1. The van der Waals surface area contributed by atoms with Gasteiger partial charge in [0, 0.05) is 5.56 Å². The van der Waals surface area contributed by atoms with Crippen LogP contribution in [0.25, 0.3) is 0 Å². The van der Waals surface area contributed by atoms with Crippen LogP contribution >= 0.6 is 0 Å². The molecule has 0 radical (unpaired) electrons. The molecule has 4 nitrogen and oxygen atoms in total. The molecule has 0 spiro atoms. The second-order valence-electron chi connectivity index (χ2n) is 5.98. The van der Waals surface area contributed by atoms with Gasteiger partial charge in [-0.15, -0.1) is 0 Å². The highest BCUT2D eigenvalue weighted by Crippen LogP contribution is 2.26. The summed E-state index contributed by atoms with van der Waals surface area (Å²) in [5.41, 5.74) is 2.79. The van der Waals surface area contributed by atoms with Crippen LogP contribution in [0, 0.1) is 0 Å². The van der Waals surface area contributed by atoms with Crippen LogP contribution in [0.5, 0.6) is 5.75 Å². The molecule has 0 aromatic heterocycles. The highest BCUT2D eigenvalue weighted by atomic mass is 16.6. The van der Waals surface area contributed by atoms with Crippen LogP contribution in [0.2, 0.25) is 0 Å². The summed E-state index contributed by atoms with van der Waals surface area (Å²) in [6.45, 7) is 0.0111. The van der Waals surface area contributed by atoms with Gasteiger partial charge in [-0.05, 0) is 17.2 Å². The molecule has 3 aromatic carbocycles. The Labute approximate surface area is 159 Å². The third kappa shape index (κ3) is 5.19. The summed E-state index contributed by atoms with van der Waals surface area (Å²) in [6.07, 6.45) is -0.328. The van der Waals surface area contributed by atoms with E-state index in [9.17, 15) is 4.79 Å². The molecule has 27 heavy (non-hydrogen) atoms. The number of ether oxygens (including phenoxy) is 3. The van der Waals surface area contributed by atoms with Crippen molar-refractivity contribution in [1.82, 2.24) is 0 Å². The minimum atomic E-state index is -0.419. The average Bonchev–Trinajstić information content (AvgIpc) is 2.74. The molecule has 3 rings (SSSR count). The minimum Gasteiger partial charge on any atom is -0.496 e. The predicted molar refractivity (Wildman–Crippen MR) is 103 cm³/mol. The zero-order valence-corrected chi connectivity index (χ0v) is 15.2. The molecule has 0 N–H and O–H groups in total. The summed E-state index contributed by atoms with van der Waals surface area (Å²) < 4.78 is 16.5. The number of rotatable bonds is 8. The molecule has 0 aliphatic rings. The molecule has 3 aromatic rings. The molecule has 0 unspecified atom stereocenters. The number of para-hydroxylation sites is 1. The van der Waals surface area contributed by atoms with Crippen LogP contribution in [-0.2, 0) is 20.9 Å². The van der Waals surface area contributed by atoms with Crippen LogP contribution in [-0.4, -0.2) is 19.7 Å². The van der Waals surface area contributed by atoms with E-state index in [1.165, 1.54) is 0 Å². The molecule has 0 saturated carbocycles. The second kappa shape index (κ2) is 9.55. The number of esters is 1. The van der Waals surface area contributed by atoms with Crippen LogP contribution in [0.4, 0.5) is 0 Å². The maximum atomic E-state index is 12.2. The first kappa shape index (κ1) is 18.7. The van der Waals surface area contributed by atoms with Gasteiger partial charge in [-0.25, -0.2) is 4.79 Å². The monoisotopic (exact) mass is 362 g/mol. The first-order valence-corrected chi connectivity index (χ1v) is 8.77. The molecular weight excluding hydrogens is 340 g/mol. The molecular formula is C23H22O4. The zero-order valence-electron chi connectivity index (χ0n) is 15.2. The lowest BCUT2D eigenvalue weighted by molar-refractivity contribution is -0.151. The number of carbonyl (C=O) groups excluding carboxylic acids is 1. The van der Waals surface area contributed by atoms with E-state index in [2.05, 4.69) is 0 Å². The van der Waals surface area contributed by atoms with E-state index in [0.29, 0.717) is 5.75 Å². The lowest BCUT2D eigenvalue weighted by atomic mass is 10.0. The Hall–Kier alpha value is -3.11. The fourth-order valence-corrected chi connectivity index (χ4v) is 2.81. The maximum absolute atomic E-state index is 12.2. The lowest BCUT2D eigenvalue weighted by Gasteiger charge is -2.18. The standard InChI is InChI=1S/C23H22O4/c1-25-21-15-9-8-14-20(21)16-26-22(24)17-27-23(18-10-4-2-5-11-18)19-12-6-3-7-13-19/h2-15,23H,16-17H2,1H3. The van der Waals surface area contributed by atoms with Crippen LogP contribution in [0.3, 0.4) is 0 Å². The first-order valence-electron chi connectivity index (χ1n) is 8.77. The van der Waals surface area contributed by atoms with Gasteiger partial charge in [0.05, 0.1) is 7.11 Å². The van der Waals surface area contributed by atoms with Gasteiger partial charge in [-0.3, -0.25) is 0 Å². The van der Waals surface area contributed by atoms with Crippen molar-refractivity contribution < 1.29 is 19.0 Å². The van der Waals surface area contributed by atoms with Crippen molar-refractivity contribution in [2.45, 2.75) is 12.7 Å². The van der Waals surface area contributed by atoms with E-state index in [1.54, 1.807) is 7.11 Å². The Bertz CT molecular complexity index is 807. The third-order valence-corrected chi connectivity index (χ3v) is 4.15. The van der Waals surface area contributed by atoms with Gasteiger partial charge < -0.3 is 14.2 Å². The molecule has 0 aliphatic heterocycles. The van der Waals surface area contributed by atoms with E-state index in [4.69, 9.17) is 14.2 Å². The Kier molecular flexibility index (Phi) is 6.61. The number of hydrogen-bond acceptors (Lipinski definition) is 4. The number of methoxy groups -OCH3 is 1. The molecule has 0 bridgehead atoms. The van der Waals surface area contributed by atoms with Crippen molar-refractivity contribution in [2.75, 3.05) is 13.7 Å². The summed E-state index contributed by atoms with van der Waals surface area (Å²) in [4.78, 5) is 12.2. The molecule has 138 valence electrons. The Morgan fingerprint density at radius 2 is 1.37 bits per heavy atom. The molecule has 0 amide bonds. The predicted octanol–water partition coefficient (Wildman–Crippen LogP) is 4.54. The Morgan fingerprint density at radius 3 is 1.96 bits per heavy atom. The topological polar surface area (TPSA) is 44.8 Å². The van der Waals surface area contributed by atoms with E-state index in [1.807, 2.05) is 84.9 Å². The fraction of sp³-hybridized carbons (Fsp3) is 0.174. The molecule has 0 atom stereocenters. The van der Waals surface area contributed by atoms with E-state index in [-0.39, 0.29) is 19.3 Å². The second-order valence-corrected chi connectivity index (χ2v) is 5.98. The highest BCUT2D eigenvalue weighted by Gasteiger charge is 2.17. The van der Waals surface area contributed by atoms with Crippen molar-refractivity contribution >= 4 is 5.97 Å². The smallest absolute Gasteiger partial charge is 0.332 e. The Balaban J connectivity index is 1.62. The molecule has 4 heteroatoms. The fourth-order valence-electron chi connectivity index (χ4n) is 2.81. The van der Waals surface area contributed by atoms with E-state index >= 15 is 0 Å². The van der Waals surface area contributed by atoms with Gasteiger partial charge >= 0.3 is 5.97 Å². The normalized spacial score (nSPS) is 10.6. The molecule has 0 aliphatic carbocycles. The van der Waals surface area contributed by atoms with Crippen LogP contribution in [0.15, 0.2) is 84.9 Å². The summed E-state index contributed by atoms with van der Waals surface area (Å²) in [5.74, 6) is 0.274. The average molecular weight is 362 g/mol. The number of hydrogen-bond donors (Lipinski definition) is 0. The summed E-state index contributed by atoms with van der Waals surface area (Å²) >= 11 is 0. The van der Waals surface area contributed by atoms with Crippen molar-refractivity contribution in [3.8, 4) is 5.75 Å². The van der Waals surface area contributed by atoms with Gasteiger partial charge in [0.1, 0.15) is 25.1 Å². The molecule has 0 saturated heterocycles. The zero-order chi connectivity index (χ0) is 18.9. The summed E-state index contributed by atoms with van der Waals surface area (Å²) in [7, 11) is 1.59. The van der Waals surface area contributed by atoms with Crippen molar-refractivity contribution in [2.24, 2.45) is 0 Å². The van der Waals surface area contributed by atoms with Crippen molar-refractivity contribution in [3.05, 3.63) is 102 Å². The van der Waals surface area contributed by atoms with Gasteiger partial charge in [-0.1, -0.05) is 78.9 Å². The van der Waals surface area contributed by atoms with E-state index < -0.39 is 5.97 Å².